The van der Waals surface area contributed by atoms with E-state index in [0.29, 0.717) is 31.6 Å². The lowest BCUT2D eigenvalue weighted by Gasteiger charge is -2.21. The number of ether oxygens (including phenoxy) is 4. The minimum Gasteiger partial charge on any atom is -0.462 e. The Labute approximate surface area is 594 Å². The van der Waals surface area contributed by atoms with Crippen molar-refractivity contribution in [3.63, 3.8) is 0 Å². The minimum atomic E-state index is -4.96. The van der Waals surface area contributed by atoms with Crippen LogP contribution in [0.25, 0.3) is 0 Å². The second kappa shape index (κ2) is 68.5. The van der Waals surface area contributed by atoms with Gasteiger partial charge in [0.05, 0.1) is 26.4 Å². The summed E-state index contributed by atoms with van der Waals surface area (Å²) in [7, 11) is -9.91. The number of phosphoric acid groups is 2. The van der Waals surface area contributed by atoms with Crippen LogP contribution in [0, 0.1) is 17.8 Å². The van der Waals surface area contributed by atoms with Crippen molar-refractivity contribution in [1.29, 1.82) is 0 Å². The van der Waals surface area contributed by atoms with Gasteiger partial charge < -0.3 is 33.8 Å². The van der Waals surface area contributed by atoms with Crippen LogP contribution in [0.1, 0.15) is 402 Å². The summed E-state index contributed by atoms with van der Waals surface area (Å²) in [5, 5.41) is 10.6. The van der Waals surface area contributed by atoms with E-state index in [2.05, 4.69) is 48.5 Å². The number of aliphatic hydroxyl groups is 1. The summed E-state index contributed by atoms with van der Waals surface area (Å²) in [6.45, 7) is 11.8. The molecule has 0 fully saturated rings. The van der Waals surface area contributed by atoms with Crippen LogP contribution in [0.15, 0.2) is 0 Å². The molecule has 19 heteroatoms. The predicted molar refractivity (Wildman–Crippen MR) is 395 cm³/mol. The van der Waals surface area contributed by atoms with Crippen molar-refractivity contribution in [2.75, 3.05) is 39.6 Å². The van der Waals surface area contributed by atoms with Crippen LogP contribution >= 0.6 is 15.6 Å². The number of aliphatic hydroxyl groups excluding tert-OH is 1. The van der Waals surface area contributed by atoms with Gasteiger partial charge in [0.2, 0.25) is 0 Å². The van der Waals surface area contributed by atoms with Gasteiger partial charge in [-0.3, -0.25) is 37.3 Å². The molecule has 0 aromatic carbocycles. The molecule has 97 heavy (non-hydrogen) atoms. The highest BCUT2D eigenvalue weighted by Gasteiger charge is 2.30. The average Bonchev–Trinajstić information content (AvgIpc) is 1.06. The van der Waals surface area contributed by atoms with Gasteiger partial charge in [0, 0.05) is 25.7 Å². The number of phosphoric ester groups is 2. The molecule has 0 saturated heterocycles. The third-order valence-corrected chi connectivity index (χ3v) is 20.0. The zero-order valence-electron chi connectivity index (χ0n) is 63.5. The molecule has 0 saturated carbocycles. The molecule has 0 radical (unpaired) electrons. The zero-order valence-corrected chi connectivity index (χ0v) is 65.3. The van der Waals surface area contributed by atoms with Gasteiger partial charge in [0.25, 0.3) is 0 Å². The Kier molecular flexibility index (Phi) is 67.1. The number of esters is 4. The molecular weight excluding hydrogens is 1270 g/mol. The van der Waals surface area contributed by atoms with E-state index >= 15 is 0 Å². The molecule has 0 rings (SSSR count). The second-order valence-corrected chi connectivity index (χ2v) is 32.4. The van der Waals surface area contributed by atoms with E-state index in [1.54, 1.807) is 0 Å². The third kappa shape index (κ3) is 72.2. The standard InChI is InChI=1S/C78H152O17P2/c1-8-9-10-11-12-13-14-15-16-17-18-21-24-27-30-38-45-52-59-75(80)88-65-73(94-77(82)61-54-47-39-31-28-25-22-19-20-23-26-29-35-42-49-56-69(2)3)67-92-96(84,85)90-63-72(79)64-91-97(86,87)93-68-74(66-89-76(81)60-53-46-41-34-37-44-51-58-71(6)7)95-78(83)62-55-48-40-33-32-36-43-50-57-70(4)5/h69-74,79H,8-68H2,1-7H3,(H,84,85)(H,86,87)/t72-,73-,74-/m1/s1. The van der Waals surface area contributed by atoms with Crippen molar-refractivity contribution in [2.24, 2.45) is 17.8 Å². The number of rotatable bonds is 76. The van der Waals surface area contributed by atoms with Gasteiger partial charge in [-0.15, -0.1) is 0 Å². The average molecular weight is 1420 g/mol. The van der Waals surface area contributed by atoms with Gasteiger partial charge in [0.15, 0.2) is 12.2 Å². The van der Waals surface area contributed by atoms with E-state index in [1.807, 2.05) is 0 Å². The fraction of sp³-hybridized carbons (Fsp3) is 0.949. The van der Waals surface area contributed by atoms with E-state index in [0.717, 1.165) is 108 Å². The van der Waals surface area contributed by atoms with E-state index in [4.69, 9.17) is 37.0 Å². The first kappa shape index (κ1) is 95.1. The van der Waals surface area contributed by atoms with Crippen molar-refractivity contribution in [2.45, 2.75) is 420 Å². The minimum absolute atomic E-state index is 0.104. The first-order valence-electron chi connectivity index (χ1n) is 40.3. The molecule has 0 bridgehead atoms. The smallest absolute Gasteiger partial charge is 0.462 e. The molecule has 0 spiro atoms. The summed E-state index contributed by atoms with van der Waals surface area (Å²) in [6, 6.07) is 0. The van der Waals surface area contributed by atoms with Gasteiger partial charge in [-0.2, -0.15) is 0 Å². The van der Waals surface area contributed by atoms with Crippen molar-refractivity contribution in [1.82, 2.24) is 0 Å². The Bertz CT molecular complexity index is 1890. The van der Waals surface area contributed by atoms with Gasteiger partial charge in [-0.25, -0.2) is 9.13 Å². The first-order valence-corrected chi connectivity index (χ1v) is 43.3. The number of hydrogen-bond acceptors (Lipinski definition) is 15. The van der Waals surface area contributed by atoms with Crippen molar-refractivity contribution >= 4 is 39.5 Å². The molecule has 0 amide bonds. The molecule has 17 nitrogen and oxygen atoms in total. The third-order valence-electron chi connectivity index (χ3n) is 18.1. The summed E-state index contributed by atoms with van der Waals surface area (Å²) >= 11 is 0. The molecule has 0 aromatic heterocycles. The summed E-state index contributed by atoms with van der Waals surface area (Å²) < 4.78 is 68.6. The molecule has 576 valence electrons. The summed E-state index contributed by atoms with van der Waals surface area (Å²) in [5.41, 5.74) is 0. The maximum Gasteiger partial charge on any atom is 0.472 e. The monoisotopic (exact) mass is 1420 g/mol. The van der Waals surface area contributed by atoms with Crippen LogP contribution < -0.4 is 0 Å². The molecule has 3 N–H and O–H groups in total. The number of hydrogen-bond donors (Lipinski definition) is 3. The Morgan fingerprint density at radius 1 is 0.278 bits per heavy atom. The van der Waals surface area contributed by atoms with Gasteiger partial charge in [-0.1, -0.05) is 350 Å². The molecule has 0 aliphatic carbocycles. The Morgan fingerprint density at radius 2 is 0.474 bits per heavy atom. The van der Waals surface area contributed by atoms with Crippen molar-refractivity contribution in [3.05, 3.63) is 0 Å². The SMILES string of the molecule is CCCCCCCCCCCCCCCCCCCCC(=O)OC[C@H](COP(=O)(O)OC[C@@H](O)COP(=O)(O)OC[C@@H](COC(=O)CCCCCCCCCC(C)C)OC(=O)CCCCCCCCCCC(C)C)OC(=O)CCCCCCCCCCCCCCCCCC(C)C. The lowest BCUT2D eigenvalue weighted by Crippen LogP contribution is -2.30. The van der Waals surface area contributed by atoms with E-state index < -0.39 is 97.5 Å². The Balaban J connectivity index is 5.22. The number of carbonyl (C=O) groups is 4. The van der Waals surface area contributed by atoms with Crippen LogP contribution in [0.2, 0.25) is 0 Å². The predicted octanol–water partition coefficient (Wildman–Crippen LogP) is 23.0. The topological polar surface area (TPSA) is 237 Å². The first-order chi connectivity index (χ1) is 46.7. The summed E-state index contributed by atoms with van der Waals surface area (Å²) in [5.74, 6) is 0.108. The molecular formula is C78H152O17P2. The van der Waals surface area contributed by atoms with Crippen molar-refractivity contribution < 1.29 is 80.2 Å². The molecule has 5 atom stereocenters. The zero-order chi connectivity index (χ0) is 71.6. The van der Waals surface area contributed by atoms with E-state index in [1.165, 1.54) is 205 Å². The maximum absolute atomic E-state index is 13.1. The highest BCUT2D eigenvalue weighted by Crippen LogP contribution is 2.45. The molecule has 0 aliphatic rings. The van der Waals surface area contributed by atoms with E-state index in [-0.39, 0.29) is 25.7 Å². The molecule has 0 aliphatic heterocycles. The normalized spacial score (nSPS) is 14.0. The molecule has 0 heterocycles. The lowest BCUT2D eigenvalue weighted by atomic mass is 10.0. The number of unbranched alkanes of at least 4 members (excludes halogenated alkanes) is 44. The fourth-order valence-electron chi connectivity index (χ4n) is 12.0. The number of carbonyl (C=O) groups excluding carboxylic acids is 4. The van der Waals surface area contributed by atoms with E-state index in [9.17, 15) is 43.2 Å². The highest BCUT2D eigenvalue weighted by molar-refractivity contribution is 7.47. The Hall–Kier alpha value is -1.94. The maximum atomic E-state index is 13.1. The molecule has 2 unspecified atom stereocenters. The summed E-state index contributed by atoms with van der Waals surface area (Å²) in [6.07, 6.45) is 55.7. The summed E-state index contributed by atoms with van der Waals surface area (Å²) in [4.78, 5) is 72.8. The second-order valence-electron chi connectivity index (χ2n) is 29.5. The largest absolute Gasteiger partial charge is 0.472 e. The molecule has 0 aromatic rings. The Morgan fingerprint density at radius 3 is 0.701 bits per heavy atom. The highest BCUT2D eigenvalue weighted by atomic mass is 31.2. The van der Waals surface area contributed by atoms with Crippen LogP contribution in [0.3, 0.4) is 0 Å². The van der Waals surface area contributed by atoms with Crippen LogP contribution in [0.4, 0.5) is 0 Å². The fourth-order valence-corrected chi connectivity index (χ4v) is 13.5. The quantitative estimate of drug-likeness (QED) is 0.0222. The van der Waals surface area contributed by atoms with Crippen molar-refractivity contribution in [3.8, 4) is 0 Å². The van der Waals surface area contributed by atoms with Gasteiger partial charge in [0.1, 0.15) is 19.3 Å². The lowest BCUT2D eigenvalue weighted by molar-refractivity contribution is -0.161. The van der Waals surface area contributed by atoms with Crippen LogP contribution in [-0.4, -0.2) is 96.7 Å². The van der Waals surface area contributed by atoms with Gasteiger partial charge >= 0.3 is 39.5 Å². The van der Waals surface area contributed by atoms with Gasteiger partial charge in [-0.05, 0) is 43.4 Å². The van der Waals surface area contributed by atoms with Crippen LogP contribution in [-0.2, 0) is 65.4 Å². The van der Waals surface area contributed by atoms with Crippen LogP contribution in [0.5, 0.6) is 0 Å².